The highest BCUT2D eigenvalue weighted by atomic mass is 35.5. The van der Waals surface area contributed by atoms with Crippen LogP contribution in [-0.4, -0.2) is 25.4 Å². The molecule has 0 radical (unpaired) electrons. The third-order valence-electron chi connectivity index (χ3n) is 2.71. The fourth-order valence-electron chi connectivity index (χ4n) is 1.68. The predicted octanol–water partition coefficient (Wildman–Crippen LogP) is 3.36. The van der Waals surface area contributed by atoms with Gasteiger partial charge in [0.1, 0.15) is 5.82 Å². The van der Waals surface area contributed by atoms with E-state index in [1.54, 1.807) is 12.1 Å². The van der Waals surface area contributed by atoms with E-state index in [9.17, 15) is 0 Å². The molecule has 3 rings (SSSR count). The molecule has 3 aromatic rings. The van der Waals surface area contributed by atoms with E-state index in [-0.39, 0.29) is 0 Å². The number of hydrogen-bond donors (Lipinski definition) is 1. The fourth-order valence-corrected chi connectivity index (χ4v) is 2.52. The molecule has 0 bridgehead atoms. The first kappa shape index (κ1) is 14.1. The minimum Gasteiger partial charge on any atom is -0.420 e. The van der Waals surface area contributed by atoms with Gasteiger partial charge < -0.3 is 4.42 Å². The summed E-state index contributed by atoms with van der Waals surface area (Å²) in [6, 6.07) is 7.30. The van der Waals surface area contributed by atoms with E-state index >= 15 is 0 Å². The van der Waals surface area contributed by atoms with E-state index in [1.165, 1.54) is 11.8 Å². The van der Waals surface area contributed by atoms with Crippen LogP contribution in [0.5, 0.6) is 0 Å². The highest BCUT2D eigenvalue weighted by molar-refractivity contribution is 7.98. The van der Waals surface area contributed by atoms with Crippen LogP contribution in [-0.2, 0) is 12.2 Å². The second kappa shape index (κ2) is 6.28. The van der Waals surface area contributed by atoms with Gasteiger partial charge in [-0.25, -0.2) is 4.98 Å². The van der Waals surface area contributed by atoms with Crippen molar-refractivity contribution in [3.05, 3.63) is 41.0 Å². The number of aromatic amines is 1. The monoisotopic (exact) mass is 321 g/mol. The molecule has 21 heavy (non-hydrogen) atoms. The van der Waals surface area contributed by atoms with E-state index in [0.717, 1.165) is 17.8 Å². The standard InChI is InChI=1S/C13H12ClN5OS/c1-2-10-15-13(19-16-10)21-7-11-17-18-12(20-11)8-4-3-5-9(14)6-8/h3-6H,2,7H2,1H3,(H,15,16,19). The number of nitrogens with zero attached hydrogens (tertiary/aromatic N) is 4. The Morgan fingerprint density at radius 2 is 2.24 bits per heavy atom. The van der Waals surface area contributed by atoms with Gasteiger partial charge in [0.05, 0.1) is 5.75 Å². The maximum atomic E-state index is 5.94. The summed E-state index contributed by atoms with van der Waals surface area (Å²) >= 11 is 7.39. The molecular weight excluding hydrogens is 310 g/mol. The molecule has 0 spiro atoms. The minimum atomic E-state index is 0.456. The number of halogens is 1. The molecule has 0 unspecified atom stereocenters. The second-order valence-corrected chi connectivity index (χ2v) is 5.60. The molecular formula is C13H12ClN5OS. The maximum absolute atomic E-state index is 5.94. The third-order valence-corrected chi connectivity index (χ3v) is 3.78. The van der Waals surface area contributed by atoms with Gasteiger partial charge in [-0.15, -0.1) is 15.3 Å². The average molecular weight is 322 g/mol. The third kappa shape index (κ3) is 3.43. The van der Waals surface area contributed by atoms with Crippen molar-refractivity contribution in [1.29, 1.82) is 0 Å². The number of benzene rings is 1. The van der Waals surface area contributed by atoms with Crippen LogP contribution in [0.15, 0.2) is 33.8 Å². The summed E-state index contributed by atoms with van der Waals surface area (Å²) in [5, 5.41) is 16.3. The van der Waals surface area contributed by atoms with Gasteiger partial charge in [-0.2, -0.15) is 0 Å². The molecule has 2 heterocycles. The van der Waals surface area contributed by atoms with Gasteiger partial charge in [0, 0.05) is 17.0 Å². The van der Waals surface area contributed by atoms with Crippen LogP contribution in [0.3, 0.4) is 0 Å². The summed E-state index contributed by atoms with van der Waals surface area (Å²) in [6.07, 6.45) is 0.826. The van der Waals surface area contributed by atoms with Crippen LogP contribution in [0.1, 0.15) is 18.6 Å². The van der Waals surface area contributed by atoms with Crippen molar-refractivity contribution in [1.82, 2.24) is 25.4 Å². The van der Waals surface area contributed by atoms with Crippen molar-refractivity contribution < 1.29 is 4.42 Å². The molecule has 0 atom stereocenters. The summed E-state index contributed by atoms with van der Waals surface area (Å²) in [5.74, 6) is 2.37. The van der Waals surface area contributed by atoms with E-state index in [1.807, 2.05) is 19.1 Å². The molecule has 6 nitrogen and oxygen atoms in total. The van der Waals surface area contributed by atoms with Crippen LogP contribution in [0, 0.1) is 0 Å². The lowest BCUT2D eigenvalue weighted by Gasteiger charge is -1.94. The molecule has 1 aromatic carbocycles. The van der Waals surface area contributed by atoms with Gasteiger partial charge in [-0.3, -0.25) is 5.10 Å². The van der Waals surface area contributed by atoms with E-state index < -0.39 is 0 Å². The van der Waals surface area contributed by atoms with Crippen LogP contribution in [0.4, 0.5) is 0 Å². The van der Waals surface area contributed by atoms with Gasteiger partial charge in [0.2, 0.25) is 16.9 Å². The van der Waals surface area contributed by atoms with Crippen molar-refractivity contribution in [2.24, 2.45) is 0 Å². The zero-order chi connectivity index (χ0) is 14.7. The Bertz CT molecular complexity index is 742. The molecule has 0 aliphatic heterocycles. The summed E-state index contributed by atoms with van der Waals surface area (Å²) in [7, 11) is 0. The van der Waals surface area contributed by atoms with Crippen molar-refractivity contribution in [2.45, 2.75) is 24.3 Å². The second-order valence-electron chi connectivity index (χ2n) is 4.22. The molecule has 108 valence electrons. The lowest BCUT2D eigenvalue weighted by Crippen LogP contribution is -1.83. The van der Waals surface area contributed by atoms with Crippen LogP contribution >= 0.6 is 23.4 Å². The van der Waals surface area contributed by atoms with E-state index in [2.05, 4.69) is 25.4 Å². The Morgan fingerprint density at radius 1 is 1.33 bits per heavy atom. The first-order chi connectivity index (χ1) is 10.2. The molecule has 0 aliphatic rings. The first-order valence-corrected chi connectivity index (χ1v) is 7.73. The summed E-state index contributed by atoms with van der Waals surface area (Å²) in [4.78, 5) is 4.31. The van der Waals surface area contributed by atoms with Crippen LogP contribution < -0.4 is 0 Å². The Labute approximate surface area is 130 Å². The fraction of sp³-hybridized carbons (Fsp3) is 0.231. The van der Waals surface area contributed by atoms with Crippen LogP contribution in [0.25, 0.3) is 11.5 Å². The predicted molar refractivity (Wildman–Crippen MR) is 80.1 cm³/mol. The minimum absolute atomic E-state index is 0.456. The Morgan fingerprint density at radius 3 is 3.00 bits per heavy atom. The number of hydrogen-bond acceptors (Lipinski definition) is 6. The van der Waals surface area contributed by atoms with Gasteiger partial charge >= 0.3 is 0 Å². The molecule has 0 saturated heterocycles. The number of thioether (sulfide) groups is 1. The lowest BCUT2D eigenvalue weighted by atomic mass is 10.2. The molecule has 1 N–H and O–H groups in total. The van der Waals surface area contributed by atoms with Gasteiger partial charge in [-0.05, 0) is 18.2 Å². The largest absolute Gasteiger partial charge is 0.420 e. The average Bonchev–Trinajstić information content (AvgIpc) is 3.14. The van der Waals surface area contributed by atoms with Crippen molar-refractivity contribution in [2.75, 3.05) is 0 Å². The van der Waals surface area contributed by atoms with Crippen molar-refractivity contribution in [3.8, 4) is 11.5 Å². The Hall–Kier alpha value is -1.86. The highest BCUT2D eigenvalue weighted by Crippen LogP contribution is 2.24. The van der Waals surface area contributed by atoms with E-state index in [0.29, 0.717) is 27.7 Å². The summed E-state index contributed by atoms with van der Waals surface area (Å²) < 4.78 is 5.61. The van der Waals surface area contributed by atoms with Crippen LogP contribution in [0.2, 0.25) is 5.02 Å². The molecule has 0 aliphatic carbocycles. The maximum Gasteiger partial charge on any atom is 0.247 e. The van der Waals surface area contributed by atoms with Gasteiger partial charge in [0.25, 0.3) is 0 Å². The number of nitrogens with one attached hydrogen (secondary N) is 1. The Kier molecular flexibility index (Phi) is 4.21. The number of aryl methyl sites for hydroxylation is 1. The molecule has 2 aromatic heterocycles. The van der Waals surface area contributed by atoms with Crippen molar-refractivity contribution in [3.63, 3.8) is 0 Å². The SMILES string of the molecule is CCc1nc(SCc2nnc(-c3cccc(Cl)c3)o2)n[nH]1. The lowest BCUT2D eigenvalue weighted by molar-refractivity contribution is 0.528. The molecule has 0 fully saturated rings. The Balaban J connectivity index is 1.67. The normalized spacial score (nSPS) is 11.0. The summed E-state index contributed by atoms with van der Waals surface area (Å²) in [5.41, 5.74) is 0.803. The van der Waals surface area contributed by atoms with Gasteiger partial charge in [0.15, 0.2) is 0 Å². The summed E-state index contributed by atoms with van der Waals surface area (Å²) in [6.45, 7) is 2.02. The zero-order valence-corrected chi connectivity index (χ0v) is 12.8. The number of H-pyrrole nitrogens is 1. The molecule has 0 saturated carbocycles. The van der Waals surface area contributed by atoms with Gasteiger partial charge in [-0.1, -0.05) is 36.4 Å². The zero-order valence-electron chi connectivity index (χ0n) is 11.2. The van der Waals surface area contributed by atoms with Crippen molar-refractivity contribution >= 4 is 23.4 Å². The highest BCUT2D eigenvalue weighted by Gasteiger charge is 2.10. The quantitative estimate of drug-likeness (QED) is 0.726. The molecule has 0 amide bonds. The topological polar surface area (TPSA) is 80.5 Å². The van der Waals surface area contributed by atoms with E-state index in [4.69, 9.17) is 16.0 Å². The first-order valence-electron chi connectivity index (χ1n) is 6.37. The smallest absolute Gasteiger partial charge is 0.247 e. The number of aromatic nitrogens is 5. The number of rotatable bonds is 5. The molecule has 8 heteroatoms.